The van der Waals surface area contributed by atoms with E-state index in [0.717, 1.165) is 11.4 Å². The van der Waals surface area contributed by atoms with Crippen molar-refractivity contribution in [2.24, 2.45) is 0 Å². The number of ether oxygens (including phenoxy) is 1. The topological polar surface area (TPSA) is 42.4 Å². The fourth-order valence-electron chi connectivity index (χ4n) is 1.57. The van der Waals surface area contributed by atoms with E-state index in [1.165, 1.54) is 0 Å². The molecule has 1 heterocycles. The number of rotatable bonds is 4. The van der Waals surface area contributed by atoms with Gasteiger partial charge in [-0.1, -0.05) is 6.92 Å². The Kier molecular flexibility index (Phi) is 3.89. The molecule has 1 aromatic rings. The first-order valence-corrected chi connectivity index (χ1v) is 4.82. The second-order valence-electron chi connectivity index (χ2n) is 3.58. The van der Waals surface area contributed by atoms with Crippen LogP contribution in [0, 0.1) is 0 Å². The molecule has 3 nitrogen and oxygen atoms in total. The highest BCUT2D eigenvalue weighted by atomic mass is 16.5. The second-order valence-corrected chi connectivity index (χ2v) is 3.58. The molecule has 0 aromatic carbocycles. The van der Waals surface area contributed by atoms with Crippen LogP contribution in [-0.4, -0.2) is 23.3 Å². The van der Waals surface area contributed by atoms with Gasteiger partial charge in [-0.3, -0.25) is 4.98 Å². The lowest BCUT2D eigenvalue weighted by molar-refractivity contribution is 0.175. The van der Waals surface area contributed by atoms with Crippen LogP contribution in [0.25, 0.3) is 0 Å². The molecule has 0 aliphatic rings. The van der Waals surface area contributed by atoms with Crippen molar-refractivity contribution in [3.05, 3.63) is 24.0 Å². The van der Waals surface area contributed by atoms with E-state index in [1.54, 1.807) is 20.2 Å². The lowest BCUT2D eigenvalue weighted by Gasteiger charge is -2.15. The van der Waals surface area contributed by atoms with Gasteiger partial charge in [-0.05, 0) is 25.5 Å². The third-order valence-corrected chi connectivity index (χ3v) is 2.18. The normalized spacial score (nSPS) is 14.9. The maximum atomic E-state index is 9.28. The van der Waals surface area contributed by atoms with Crippen LogP contribution in [0.3, 0.4) is 0 Å². The van der Waals surface area contributed by atoms with E-state index >= 15 is 0 Å². The smallest absolute Gasteiger partial charge is 0.140 e. The first-order chi connectivity index (χ1) is 6.65. The first kappa shape index (κ1) is 11.0. The number of aromatic nitrogens is 1. The summed E-state index contributed by atoms with van der Waals surface area (Å²) in [6.45, 7) is 3.82. The highest BCUT2D eigenvalue weighted by molar-refractivity contribution is 5.29. The van der Waals surface area contributed by atoms with Gasteiger partial charge in [0.05, 0.1) is 18.9 Å². The first-order valence-electron chi connectivity index (χ1n) is 4.82. The average molecular weight is 195 g/mol. The molecule has 2 unspecified atom stereocenters. The summed E-state index contributed by atoms with van der Waals surface area (Å²) in [5.74, 6) is 1.01. The molecule has 78 valence electrons. The molecule has 2 atom stereocenters. The van der Waals surface area contributed by atoms with Crippen molar-refractivity contribution in [1.82, 2.24) is 4.98 Å². The maximum absolute atomic E-state index is 9.28. The molecule has 0 aliphatic heterocycles. The van der Waals surface area contributed by atoms with Crippen LogP contribution in [0.4, 0.5) is 0 Å². The number of pyridine rings is 1. The monoisotopic (exact) mass is 195 g/mol. The zero-order chi connectivity index (χ0) is 10.6. The van der Waals surface area contributed by atoms with Crippen LogP contribution in [-0.2, 0) is 0 Å². The van der Waals surface area contributed by atoms with Crippen molar-refractivity contribution >= 4 is 0 Å². The van der Waals surface area contributed by atoms with Gasteiger partial charge >= 0.3 is 0 Å². The van der Waals surface area contributed by atoms with Gasteiger partial charge in [0, 0.05) is 12.1 Å². The summed E-state index contributed by atoms with van der Waals surface area (Å²) < 4.78 is 5.20. The molecular weight excluding hydrogens is 178 g/mol. The van der Waals surface area contributed by atoms with E-state index in [0.29, 0.717) is 6.42 Å². The standard InChI is InChI=1S/C11H17NO2/c1-8(7-9(2)13)11-10(14-3)5-4-6-12-11/h4-6,8-9,13H,7H2,1-3H3. The SMILES string of the molecule is COc1cccnc1C(C)CC(C)O. The predicted octanol–water partition coefficient (Wildman–Crippen LogP) is 1.96. The summed E-state index contributed by atoms with van der Waals surface area (Å²) in [6, 6.07) is 3.73. The van der Waals surface area contributed by atoms with Gasteiger partial charge < -0.3 is 9.84 Å². The Bertz CT molecular complexity index is 286. The van der Waals surface area contributed by atoms with Crippen molar-refractivity contribution in [1.29, 1.82) is 0 Å². The lowest BCUT2D eigenvalue weighted by atomic mass is 9.99. The van der Waals surface area contributed by atoms with Gasteiger partial charge in [-0.2, -0.15) is 0 Å². The second kappa shape index (κ2) is 4.96. The minimum absolute atomic E-state index is 0.214. The van der Waals surface area contributed by atoms with Crippen molar-refractivity contribution in [2.45, 2.75) is 32.3 Å². The van der Waals surface area contributed by atoms with Crippen LogP contribution >= 0.6 is 0 Å². The highest BCUT2D eigenvalue weighted by Crippen LogP contribution is 2.26. The number of nitrogens with zero attached hydrogens (tertiary/aromatic N) is 1. The Morgan fingerprint density at radius 1 is 1.50 bits per heavy atom. The van der Waals surface area contributed by atoms with Gasteiger partial charge in [0.25, 0.3) is 0 Å². The van der Waals surface area contributed by atoms with Crippen LogP contribution in [0.2, 0.25) is 0 Å². The van der Waals surface area contributed by atoms with Crippen LogP contribution in [0.15, 0.2) is 18.3 Å². The summed E-state index contributed by atoms with van der Waals surface area (Å²) in [6.07, 6.45) is 2.14. The summed E-state index contributed by atoms with van der Waals surface area (Å²) in [4.78, 5) is 4.27. The molecule has 14 heavy (non-hydrogen) atoms. The largest absolute Gasteiger partial charge is 0.495 e. The average Bonchev–Trinajstić information content (AvgIpc) is 2.16. The number of hydrogen-bond acceptors (Lipinski definition) is 3. The fourth-order valence-corrected chi connectivity index (χ4v) is 1.57. The van der Waals surface area contributed by atoms with Crippen LogP contribution in [0.5, 0.6) is 5.75 Å². The summed E-state index contributed by atoms with van der Waals surface area (Å²) in [7, 11) is 1.63. The summed E-state index contributed by atoms with van der Waals surface area (Å²) >= 11 is 0. The highest BCUT2D eigenvalue weighted by Gasteiger charge is 2.14. The zero-order valence-electron chi connectivity index (χ0n) is 8.90. The van der Waals surface area contributed by atoms with E-state index < -0.39 is 0 Å². The molecule has 3 heteroatoms. The number of hydrogen-bond donors (Lipinski definition) is 1. The van der Waals surface area contributed by atoms with Gasteiger partial charge in [0.1, 0.15) is 5.75 Å². The molecule has 1 rings (SSSR count). The number of aliphatic hydroxyl groups is 1. The third-order valence-electron chi connectivity index (χ3n) is 2.18. The summed E-state index contributed by atoms with van der Waals surface area (Å²) in [5, 5.41) is 9.28. The minimum atomic E-state index is -0.309. The van der Waals surface area contributed by atoms with E-state index in [-0.39, 0.29) is 12.0 Å². The third kappa shape index (κ3) is 2.70. The Balaban J connectivity index is 2.82. The maximum Gasteiger partial charge on any atom is 0.140 e. The number of aliphatic hydroxyl groups excluding tert-OH is 1. The molecule has 1 N–H and O–H groups in total. The van der Waals surface area contributed by atoms with E-state index in [9.17, 15) is 5.11 Å². The van der Waals surface area contributed by atoms with Crippen molar-refractivity contribution < 1.29 is 9.84 Å². The van der Waals surface area contributed by atoms with Crippen molar-refractivity contribution in [3.63, 3.8) is 0 Å². The Hall–Kier alpha value is -1.09. The minimum Gasteiger partial charge on any atom is -0.495 e. The predicted molar refractivity (Wildman–Crippen MR) is 55.5 cm³/mol. The van der Waals surface area contributed by atoms with Gasteiger partial charge in [0.15, 0.2) is 0 Å². The van der Waals surface area contributed by atoms with Gasteiger partial charge in [-0.15, -0.1) is 0 Å². The summed E-state index contributed by atoms with van der Waals surface area (Å²) in [5.41, 5.74) is 0.913. The molecule has 0 bridgehead atoms. The molecule has 0 fully saturated rings. The van der Waals surface area contributed by atoms with Crippen LogP contribution < -0.4 is 4.74 Å². The van der Waals surface area contributed by atoms with Crippen molar-refractivity contribution in [2.75, 3.05) is 7.11 Å². The molecule has 0 aliphatic carbocycles. The van der Waals surface area contributed by atoms with E-state index in [4.69, 9.17) is 4.74 Å². The molecular formula is C11H17NO2. The molecule has 0 amide bonds. The molecule has 0 saturated heterocycles. The molecule has 0 saturated carbocycles. The van der Waals surface area contributed by atoms with Gasteiger partial charge in [-0.25, -0.2) is 0 Å². The quantitative estimate of drug-likeness (QED) is 0.798. The number of methoxy groups -OCH3 is 1. The van der Waals surface area contributed by atoms with E-state index in [1.807, 2.05) is 19.1 Å². The lowest BCUT2D eigenvalue weighted by Crippen LogP contribution is -2.08. The molecule has 1 aromatic heterocycles. The van der Waals surface area contributed by atoms with Gasteiger partial charge in [0.2, 0.25) is 0 Å². The Morgan fingerprint density at radius 2 is 2.21 bits per heavy atom. The Morgan fingerprint density at radius 3 is 2.79 bits per heavy atom. The zero-order valence-corrected chi connectivity index (χ0v) is 8.90. The van der Waals surface area contributed by atoms with Crippen LogP contribution in [0.1, 0.15) is 31.9 Å². The van der Waals surface area contributed by atoms with Crippen molar-refractivity contribution in [3.8, 4) is 5.75 Å². The molecule has 0 spiro atoms. The molecule has 0 radical (unpaired) electrons. The fraction of sp³-hybridized carbons (Fsp3) is 0.545. The van der Waals surface area contributed by atoms with E-state index in [2.05, 4.69) is 4.98 Å². The Labute approximate surface area is 84.7 Å².